The first-order chi connectivity index (χ1) is 10.2. The average Bonchev–Trinajstić information content (AvgIpc) is 2.80. The topological polar surface area (TPSA) is 3.24 Å². The molecule has 0 bridgehead atoms. The van der Waals surface area contributed by atoms with Gasteiger partial charge in [0.2, 0.25) is 0 Å². The molecule has 21 heavy (non-hydrogen) atoms. The fourth-order valence-electron chi connectivity index (χ4n) is 3.53. The molecule has 1 aliphatic carbocycles. The van der Waals surface area contributed by atoms with Crippen LogP contribution in [0.25, 0.3) is 0 Å². The quantitative estimate of drug-likeness (QED) is 0.697. The molecule has 0 fully saturated rings. The fraction of sp³-hybridized carbons (Fsp3) is 0.200. The normalized spacial score (nSPS) is 22.8. The summed E-state index contributed by atoms with van der Waals surface area (Å²) in [5, 5.41) is 0. The third-order valence-electron chi connectivity index (χ3n) is 4.51. The summed E-state index contributed by atoms with van der Waals surface area (Å²) < 4.78 is 0. The van der Waals surface area contributed by atoms with Gasteiger partial charge in [-0.3, -0.25) is 0 Å². The molecule has 104 valence electrons. The lowest BCUT2D eigenvalue weighted by atomic mass is 9.89. The van der Waals surface area contributed by atoms with E-state index in [9.17, 15) is 0 Å². The first-order valence-electron chi connectivity index (χ1n) is 7.55. The SMILES string of the molecule is CC1=CC2C(C=C1)c1ccc(C)cc1N2c1ccccc1. The molecule has 1 heteroatoms. The number of allylic oxidation sites excluding steroid dienone is 2. The van der Waals surface area contributed by atoms with Gasteiger partial charge in [0.15, 0.2) is 0 Å². The Balaban J connectivity index is 1.92. The Morgan fingerprint density at radius 3 is 2.57 bits per heavy atom. The number of anilines is 2. The average molecular weight is 273 g/mol. The zero-order chi connectivity index (χ0) is 14.4. The van der Waals surface area contributed by atoms with Crippen molar-refractivity contribution in [2.75, 3.05) is 4.90 Å². The van der Waals surface area contributed by atoms with Crippen LogP contribution in [0.3, 0.4) is 0 Å². The Bertz CT molecular complexity index is 740. The molecule has 0 spiro atoms. The highest BCUT2D eigenvalue weighted by atomic mass is 15.2. The summed E-state index contributed by atoms with van der Waals surface area (Å²) in [6.45, 7) is 4.35. The number of fused-ring (bicyclic) bond motifs is 3. The van der Waals surface area contributed by atoms with Crippen molar-refractivity contribution >= 4 is 11.4 Å². The van der Waals surface area contributed by atoms with E-state index in [0.717, 1.165) is 0 Å². The minimum Gasteiger partial charge on any atom is -0.333 e. The van der Waals surface area contributed by atoms with E-state index in [4.69, 9.17) is 0 Å². The molecule has 0 aromatic heterocycles. The van der Waals surface area contributed by atoms with E-state index in [1.54, 1.807) is 0 Å². The smallest absolute Gasteiger partial charge is 0.0632 e. The van der Waals surface area contributed by atoms with Crippen LogP contribution < -0.4 is 4.90 Å². The van der Waals surface area contributed by atoms with Gasteiger partial charge in [-0.2, -0.15) is 0 Å². The molecule has 0 N–H and O–H groups in total. The second kappa shape index (κ2) is 4.63. The monoisotopic (exact) mass is 273 g/mol. The molecule has 2 aliphatic rings. The van der Waals surface area contributed by atoms with Gasteiger partial charge in [0.05, 0.1) is 6.04 Å². The number of rotatable bonds is 1. The number of aryl methyl sites for hydroxylation is 1. The van der Waals surface area contributed by atoms with E-state index in [1.165, 1.54) is 28.1 Å². The van der Waals surface area contributed by atoms with E-state index < -0.39 is 0 Å². The van der Waals surface area contributed by atoms with Crippen LogP contribution >= 0.6 is 0 Å². The van der Waals surface area contributed by atoms with Crippen molar-refractivity contribution in [3.8, 4) is 0 Å². The predicted molar refractivity (Wildman–Crippen MR) is 89.2 cm³/mol. The lowest BCUT2D eigenvalue weighted by Crippen LogP contribution is -2.29. The molecule has 0 saturated carbocycles. The second-order valence-electron chi connectivity index (χ2n) is 6.05. The number of benzene rings is 2. The highest BCUT2D eigenvalue weighted by Crippen LogP contribution is 2.48. The van der Waals surface area contributed by atoms with E-state index in [-0.39, 0.29) is 0 Å². The first kappa shape index (κ1) is 12.5. The largest absolute Gasteiger partial charge is 0.333 e. The molecule has 1 aliphatic heterocycles. The molecule has 0 radical (unpaired) electrons. The summed E-state index contributed by atoms with van der Waals surface area (Å²) in [4.78, 5) is 2.49. The maximum atomic E-state index is 2.49. The summed E-state index contributed by atoms with van der Waals surface area (Å²) >= 11 is 0. The Morgan fingerprint density at radius 2 is 1.76 bits per heavy atom. The molecule has 2 aromatic rings. The molecule has 2 unspecified atom stereocenters. The van der Waals surface area contributed by atoms with E-state index in [0.29, 0.717) is 12.0 Å². The van der Waals surface area contributed by atoms with Gasteiger partial charge in [0.25, 0.3) is 0 Å². The third-order valence-corrected chi connectivity index (χ3v) is 4.51. The van der Waals surface area contributed by atoms with E-state index in [1.807, 2.05) is 0 Å². The first-order valence-corrected chi connectivity index (χ1v) is 7.55. The molecule has 0 saturated heterocycles. The Kier molecular flexibility index (Phi) is 2.75. The van der Waals surface area contributed by atoms with Crippen LogP contribution in [0.2, 0.25) is 0 Å². The summed E-state index contributed by atoms with van der Waals surface area (Å²) in [5.74, 6) is 0.463. The van der Waals surface area contributed by atoms with Crippen LogP contribution in [0.5, 0.6) is 0 Å². The summed E-state index contributed by atoms with van der Waals surface area (Å²) in [5.41, 5.74) is 6.73. The van der Waals surface area contributed by atoms with Gasteiger partial charge in [0.1, 0.15) is 0 Å². The van der Waals surface area contributed by atoms with Gasteiger partial charge in [-0.25, -0.2) is 0 Å². The molecule has 0 amide bonds. The summed E-state index contributed by atoms with van der Waals surface area (Å²) in [6.07, 6.45) is 7.00. The number of hydrogen-bond donors (Lipinski definition) is 0. The lowest BCUT2D eigenvalue weighted by molar-refractivity contribution is 0.738. The van der Waals surface area contributed by atoms with Crippen molar-refractivity contribution in [1.29, 1.82) is 0 Å². The van der Waals surface area contributed by atoms with Crippen LogP contribution in [0.4, 0.5) is 11.4 Å². The van der Waals surface area contributed by atoms with Crippen molar-refractivity contribution < 1.29 is 0 Å². The minimum absolute atomic E-state index is 0.397. The Labute approximate surface area is 126 Å². The van der Waals surface area contributed by atoms with Crippen LogP contribution in [0, 0.1) is 6.92 Å². The summed E-state index contributed by atoms with van der Waals surface area (Å²) in [7, 11) is 0. The van der Waals surface area contributed by atoms with Gasteiger partial charge in [-0.15, -0.1) is 0 Å². The molecule has 4 rings (SSSR count). The Morgan fingerprint density at radius 1 is 0.952 bits per heavy atom. The summed E-state index contributed by atoms with van der Waals surface area (Å²) in [6, 6.07) is 18.0. The van der Waals surface area contributed by atoms with E-state index in [2.05, 4.69) is 85.5 Å². The fourth-order valence-corrected chi connectivity index (χ4v) is 3.53. The van der Waals surface area contributed by atoms with Crippen molar-refractivity contribution in [2.24, 2.45) is 0 Å². The maximum Gasteiger partial charge on any atom is 0.0632 e. The number of para-hydroxylation sites is 1. The van der Waals surface area contributed by atoms with E-state index >= 15 is 0 Å². The number of hydrogen-bond acceptors (Lipinski definition) is 1. The molecule has 2 atom stereocenters. The second-order valence-corrected chi connectivity index (χ2v) is 6.05. The standard InChI is InChI=1S/C20H19N/c1-14-8-10-17-18-11-9-15(2)13-20(18)21(19(17)12-14)16-6-4-3-5-7-16/h3-13,17,19H,1-2H3. The number of nitrogens with zero attached hydrogens (tertiary/aromatic N) is 1. The van der Waals surface area contributed by atoms with Gasteiger partial charge < -0.3 is 4.90 Å². The molecule has 2 aromatic carbocycles. The lowest BCUT2D eigenvalue weighted by Gasteiger charge is -2.29. The molecular weight excluding hydrogens is 254 g/mol. The van der Waals surface area contributed by atoms with Gasteiger partial charge >= 0.3 is 0 Å². The van der Waals surface area contributed by atoms with Crippen LogP contribution in [0.15, 0.2) is 72.3 Å². The predicted octanol–water partition coefficient (Wildman–Crippen LogP) is 5.12. The van der Waals surface area contributed by atoms with Crippen molar-refractivity contribution in [1.82, 2.24) is 0 Å². The van der Waals surface area contributed by atoms with Gasteiger partial charge in [-0.1, -0.05) is 54.1 Å². The molecule has 1 heterocycles. The minimum atomic E-state index is 0.397. The highest BCUT2D eigenvalue weighted by Gasteiger charge is 2.37. The van der Waals surface area contributed by atoms with Crippen LogP contribution in [-0.2, 0) is 0 Å². The van der Waals surface area contributed by atoms with Crippen molar-refractivity contribution in [2.45, 2.75) is 25.8 Å². The van der Waals surface area contributed by atoms with Crippen LogP contribution in [-0.4, -0.2) is 6.04 Å². The third kappa shape index (κ3) is 1.92. The zero-order valence-corrected chi connectivity index (χ0v) is 12.5. The highest BCUT2D eigenvalue weighted by molar-refractivity contribution is 5.75. The van der Waals surface area contributed by atoms with Gasteiger partial charge in [-0.05, 0) is 43.2 Å². The zero-order valence-electron chi connectivity index (χ0n) is 12.5. The Hall–Kier alpha value is -2.28. The van der Waals surface area contributed by atoms with Crippen LogP contribution in [0.1, 0.15) is 24.0 Å². The molecule has 1 nitrogen and oxygen atoms in total. The molecular formula is C20H19N. The van der Waals surface area contributed by atoms with Gasteiger partial charge in [0, 0.05) is 17.3 Å². The van der Waals surface area contributed by atoms with Crippen molar-refractivity contribution in [3.05, 3.63) is 83.5 Å². The maximum absolute atomic E-state index is 2.49. The van der Waals surface area contributed by atoms with Crippen molar-refractivity contribution in [3.63, 3.8) is 0 Å².